The molecule has 3 aromatic rings. The highest BCUT2D eigenvalue weighted by Gasteiger charge is 2.43. The van der Waals surface area contributed by atoms with Crippen LogP contribution in [0.3, 0.4) is 0 Å². The van der Waals surface area contributed by atoms with E-state index >= 15 is 0 Å². The van der Waals surface area contributed by atoms with Gasteiger partial charge in [0.25, 0.3) is 0 Å². The molecule has 1 heterocycles. The molecule has 0 spiro atoms. The zero-order valence-corrected chi connectivity index (χ0v) is 14.1. The van der Waals surface area contributed by atoms with E-state index in [1.807, 2.05) is 37.3 Å². The zero-order chi connectivity index (χ0) is 16.0. The van der Waals surface area contributed by atoms with Crippen molar-refractivity contribution in [3.05, 3.63) is 58.4 Å². The van der Waals surface area contributed by atoms with Gasteiger partial charge in [-0.2, -0.15) is 0 Å². The summed E-state index contributed by atoms with van der Waals surface area (Å²) < 4.78 is 6.49. The molecule has 1 amide bonds. The van der Waals surface area contributed by atoms with Gasteiger partial charge in [0.05, 0.1) is 0 Å². The van der Waals surface area contributed by atoms with Gasteiger partial charge in [0, 0.05) is 23.0 Å². The minimum atomic E-state index is 0.0408. The van der Waals surface area contributed by atoms with E-state index in [0.717, 1.165) is 27.7 Å². The van der Waals surface area contributed by atoms with E-state index in [2.05, 4.69) is 38.4 Å². The van der Waals surface area contributed by atoms with Gasteiger partial charge >= 0.3 is 0 Å². The maximum atomic E-state index is 12.4. The van der Waals surface area contributed by atoms with Crippen molar-refractivity contribution in [2.75, 3.05) is 5.32 Å². The second-order valence-electron chi connectivity index (χ2n) is 5.91. The predicted molar refractivity (Wildman–Crippen MR) is 92.4 cm³/mol. The van der Waals surface area contributed by atoms with Gasteiger partial charge in [-0.3, -0.25) is 4.79 Å². The number of hydrogen-bond acceptors (Lipinski definition) is 3. The molecule has 4 rings (SSSR count). The Labute approximate surface area is 142 Å². The summed E-state index contributed by atoms with van der Waals surface area (Å²) in [5.41, 5.74) is 3.47. The number of carbonyl (C=O) groups is 1. The fraction of sp³-hybridized carbons (Fsp3) is 0.222. The lowest BCUT2D eigenvalue weighted by Gasteiger charge is -2.05. The highest BCUT2D eigenvalue weighted by Crippen LogP contribution is 2.48. The van der Waals surface area contributed by atoms with E-state index in [1.54, 1.807) is 0 Å². The average molecular weight is 371 g/mol. The van der Waals surface area contributed by atoms with E-state index < -0.39 is 0 Å². The first-order chi connectivity index (χ1) is 11.1. The van der Waals surface area contributed by atoms with Crippen molar-refractivity contribution >= 4 is 38.6 Å². The van der Waals surface area contributed by atoms with Crippen LogP contribution in [0.2, 0.25) is 0 Å². The number of benzene rings is 2. The van der Waals surface area contributed by atoms with Gasteiger partial charge < -0.3 is 9.73 Å². The van der Waals surface area contributed by atoms with E-state index in [0.29, 0.717) is 11.8 Å². The molecule has 1 saturated carbocycles. The van der Waals surface area contributed by atoms with Crippen molar-refractivity contribution in [1.29, 1.82) is 0 Å². The van der Waals surface area contributed by atoms with Gasteiger partial charge in [-0.25, -0.2) is 4.98 Å². The lowest BCUT2D eigenvalue weighted by molar-refractivity contribution is -0.117. The van der Waals surface area contributed by atoms with Crippen molar-refractivity contribution in [1.82, 2.24) is 4.98 Å². The Morgan fingerprint density at radius 3 is 3.00 bits per heavy atom. The maximum Gasteiger partial charge on any atom is 0.228 e. The van der Waals surface area contributed by atoms with Crippen LogP contribution in [0, 0.1) is 12.8 Å². The normalized spacial score (nSPS) is 19.7. The number of amides is 1. The van der Waals surface area contributed by atoms with Gasteiger partial charge in [-0.05, 0) is 48.2 Å². The van der Waals surface area contributed by atoms with Crippen LogP contribution in [0.25, 0.3) is 11.1 Å². The first-order valence-electron chi connectivity index (χ1n) is 7.54. The quantitative estimate of drug-likeness (QED) is 0.730. The number of fused-ring (bicyclic) bond motifs is 1. The number of nitrogens with one attached hydrogen (secondary N) is 1. The van der Waals surface area contributed by atoms with Crippen LogP contribution in [-0.2, 0) is 4.79 Å². The number of hydrogen-bond donors (Lipinski definition) is 1. The number of aryl methyl sites for hydroxylation is 1. The van der Waals surface area contributed by atoms with E-state index in [9.17, 15) is 4.79 Å². The number of halogens is 1. The molecule has 2 atom stereocenters. The minimum absolute atomic E-state index is 0.0408. The van der Waals surface area contributed by atoms with Crippen LogP contribution < -0.4 is 5.32 Å². The monoisotopic (exact) mass is 370 g/mol. The highest BCUT2D eigenvalue weighted by molar-refractivity contribution is 9.10. The summed E-state index contributed by atoms with van der Waals surface area (Å²) in [5, 5.41) is 2.99. The summed E-state index contributed by atoms with van der Waals surface area (Å²) in [4.78, 5) is 16.7. The first kappa shape index (κ1) is 14.5. The molecule has 116 valence electrons. The molecule has 1 fully saturated rings. The van der Waals surface area contributed by atoms with Gasteiger partial charge in [-0.15, -0.1) is 0 Å². The molecule has 0 saturated heterocycles. The Balaban J connectivity index is 1.47. The van der Waals surface area contributed by atoms with Crippen LogP contribution in [0.5, 0.6) is 0 Å². The molecular formula is C18H15BrN2O2. The standard InChI is InChI=1S/C18H15BrN2O2/c1-10-20-16-8-13(5-6-17(16)23-10)21-18(22)15-9-14(15)11-3-2-4-12(19)7-11/h2-8,14-15H,9H2,1H3,(H,21,22). The molecule has 1 aliphatic carbocycles. The summed E-state index contributed by atoms with van der Waals surface area (Å²) in [7, 11) is 0. The molecule has 23 heavy (non-hydrogen) atoms. The fourth-order valence-electron chi connectivity index (χ4n) is 2.95. The van der Waals surface area contributed by atoms with Crippen LogP contribution >= 0.6 is 15.9 Å². The van der Waals surface area contributed by atoms with Gasteiger partial charge in [0.1, 0.15) is 5.52 Å². The fourth-order valence-corrected chi connectivity index (χ4v) is 3.36. The Bertz CT molecular complexity index is 903. The topological polar surface area (TPSA) is 55.1 Å². The third-order valence-corrected chi connectivity index (χ3v) is 4.66. The molecule has 4 nitrogen and oxygen atoms in total. The van der Waals surface area contributed by atoms with Crippen molar-refractivity contribution in [2.45, 2.75) is 19.3 Å². The van der Waals surface area contributed by atoms with E-state index in [4.69, 9.17) is 4.42 Å². The summed E-state index contributed by atoms with van der Waals surface area (Å²) in [6, 6.07) is 13.7. The average Bonchev–Trinajstić information content (AvgIpc) is 3.23. The van der Waals surface area contributed by atoms with E-state index in [-0.39, 0.29) is 11.8 Å². The lowest BCUT2D eigenvalue weighted by Crippen LogP contribution is -2.14. The number of nitrogens with zero attached hydrogens (tertiary/aromatic N) is 1. The van der Waals surface area contributed by atoms with Gasteiger partial charge in [0.15, 0.2) is 11.5 Å². The molecule has 2 unspecified atom stereocenters. The minimum Gasteiger partial charge on any atom is -0.441 e. The SMILES string of the molecule is Cc1nc2cc(NC(=O)C3CC3c3cccc(Br)c3)ccc2o1. The number of rotatable bonds is 3. The number of aromatic nitrogens is 1. The molecule has 0 radical (unpaired) electrons. The lowest BCUT2D eigenvalue weighted by atomic mass is 10.1. The number of anilines is 1. The van der Waals surface area contributed by atoms with Crippen molar-refractivity contribution < 1.29 is 9.21 Å². The Kier molecular flexibility index (Phi) is 3.45. The van der Waals surface area contributed by atoms with Crippen molar-refractivity contribution in [3.8, 4) is 0 Å². The van der Waals surface area contributed by atoms with E-state index in [1.165, 1.54) is 5.56 Å². The molecular weight excluding hydrogens is 356 g/mol. The molecule has 0 aliphatic heterocycles. The third kappa shape index (κ3) is 2.88. The Hall–Kier alpha value is -2.14. The van der Waals surface area contributed by atoms with Gasteiger partial charge in [0.2, 0.25) is 5.91 Å². The molecule has 2 aromatic carbocycles. The third-order valence-electron chi connectivity index (χ3n) is 4.17. The molecule has 0 bridgehead atoms. The largest absolute Gasteiger partial charge is 0.441 e. The highest BCUT2D eigenvalue weighted by atomic mass is 79.9. The first-order valence-corrected chi connectivity index (χ1v) is 8.33. The second-order valence-corrected chi connectivity index (χ2v) is 6.82. The molecule has 1 aliphatic rings. The van der Waals surface area contributed by atoms with Crippen molar-refractivity contribution in [3.63, 3.8) is 0 Å². The summed E-state index contributed by atoms with van der Waals surface area (Å²) in [6.07, 6.45) is 0.896. The Morgan fingerprint density at radius 1 is 1.30 bits per heavy atom. The van der Waals surface area contributed by atoms with Crippen LogP contribution in [0.4, 0.5) is 5.69 Å². The van der Waals surface area contributed by atoms with Crippen LogP contribution in [0.1, 0.15) is 23.8 Å². The summed E-state index contributed by atoms with van der Waals surface area (Å²) in [6.45, 7) is 1.81. The van der Waals surface area contributed by atoms with Crippen LogP contribution in [0.15, 0.2) is 51.4 Å². The molecule has 1 N–H and O–H groups in total. The smallest absolute Gasteiger partial charge is 0.228 e. The zero-order valence-electron chi connectivity index (χ0n) is 12.5. The maximum absolute atomic E-state index is 12.4. The molecule has 5 heteroatoms. The summed E-state index contributed by atoms with van der Waals surface area (Å²) in [5.74, 6) is 1.04. The van der Waals surface area contributed by atoms with Crippen LogP contribution in [-0.4, -0.2) is 10.9 Å². The Morgan fingerprint density at radius 2 is 2.17 bits per heavy atom. The number of carbonyl (C=O) groups excluding carboxylic acids is 1. The predicted octanol–water partition coefficient (Wildman–Crippen LogP) is 4.64. The summed E-state index contributed by atoms with van der Waals surface area (Å²) >= 11 is 3.48. The number of oxazole rings is 1. The van der Waals surface area contributed by atoms with Crippen molar-refractivity contribution in [2.24, 2.45) is 5.92 Å². The van der Waals surface area contributed by atoms with Gasteiger partial charge in [-0.1, -0.05) is 28.1 Å². The second kappa shape index (κ2) is 5.49. The molecule has 1 aromatic heterocycles.